The molecule has 1 atom stereocenters. The van der Waals surface area contributed by atoms with Crippen LogP contribution < -0.4 is 5.32 Å². The van der Waals surface area contributed by atoms with Gasteiger partial charge in [0, 0.05) is 18.1 Å². The van der Waals surface area contributed by atoms with Gasteiger partial charge in [0.25, 0.3) is 5.91 Å². The van der Waals surface area contributed by atoms with Crippen LogP contribution in [0.5, 0.6) is 0 Å². The highest BCUT2D eigenvalue weighted by Gasteiger charge is 2.25. The van der Waals surface area contributed by atoms with Crippen LogP contribution in [0.25, 0.3) is 5.65 Å². The Morgan fingerprint density at radius 1 is 1.35 bits per heavy atom. The first-order valence-corrected chi connectivity index (χ1v) is 7.41. The summed E-state index contributed by atoms with van der Waals surface area (Å²) in [4.78, 5) is 24.4. The second-order valence-electron chi connectivity index (χ2n) is 5.70. The topological polar surface area (TPSA) is 72.2 Å². The van der Waals surface area contributed by atoms with Crippen LogP contribution in [0.3, 0.4) is 0 Å². The van der Waals surface area contributed by atoms with Crippen LogP contribution in [0, 0.1) is 5.82 Å². The molecule has 1 unspecified atom stereocenters. The number of pyridine rings is 1. The summed E-state index contributed by atoms with van der Waals surface area (Å²) < 4.78 is 14.8. The number of carbonyl (C=O) groups is 1. The quantitative estimate of drug-likeness (QED) is 0.789. The van der Waals surface area contributed by atoms with Crippen LogP contribution in [0.2, 0.25) is 0 Å². The molecule has 4 rings (SSSR count). The van der Waals surface area contributed by atoms with E-state index in [2.05, 4.69) is 27.2 Å². The number of aryl methyl sites for hydroxylation is 1. The van der Waals surface area contributed by atoms with E-state index in [4.69, 9.17) is 0 Å². The van der Waals surface area contributed by atoms with E-state index in [-0.39, 0.29) is 11.9 Å². The lowest BCUT2D eigenvalue weighted by atomic mass is 10.0. The minimum absolute atomic E-state index is 0.0645. The zero-order valence-electron chi connectivity index (χ0n) is 12.5. The van der Waals surface area contributed by atoms with Crippen molar-refractivity contribution < 1.29 is 9.18 Å². The van der Waals surface area contributed by atoms with Crippen molar-refractivity contribution in [3.8, 4) is 0 Å². The standard InChI is InChI=1S/C16H14FN5O/c1-9-2-3-13-11(9)6-12(14-18-4-5-22(13)14)15(23)21-16-19-7-10(17)8-20-16/h4-9H,2-3H2,1H3,(H,19,20,21,23). The van der Waals surface area contributed by atoms with E-state index in [0.717, 1.165) is 25.2 Å². The molecule has 23 heavy (non-hydrogen) atoms. The summed E-state index contributed by atoms with van der Waals surface area (Å²) in [7, 11) is 0. The molecule has 116 valence electrons. The number of aromatic nitrogens is 4. The van der Waals surface area contributed by atoms with Gasteiger partial charge in [-0.2, -0.15) is 0 Å². The third-order valence-electron chi connectivity index (χ3n) is 4.24. The largest absolute Gasteiger partial charge is 0.303 e. The number of nitrogens with one attached hydrogen (secondary N) is 1. The summed E-state index contributed by atoms with van der Waals surface area (Å²) in [5, 5.41) is 2.59. The summed E-state index contributed by atoms with van der Waals surface area (Å²) in [6, 6.07) is 1.90. The van der Waals surface area contributed by atoms with Crippen molar-refractivity contribution in [3.63, 3.8) is 0 Å². The van der Waals surface area contributed by atoms with Gasteiger partial charge in [-0.15, -0.1) is 0 Å². The Labute approximate surface area is 131 Å². The fourth-order valence-corrected chi connectivity index (χ4v) is 3.08. The highest BCUT2D eigenvalue weighted by molar-refractivity contribution is 6.07. The molecule has 1 aliphatic carbocycles. The molecular weight excluding hydrogens is 297 g/mol. The Balaban J connectivity index is 1.76. The molecule has 0 radical (unpaired) electrons. The molecular formula is C16H14FN5O. The summed E-state index contributed by atoms with van der Waals surface area (Å²) >= 11 is 0. The average Bonchev–Trinajstić information content (AvgIpc) is 3.15. The SMILES string of the molecule is CC1CCc2c1cc(C(=O)Nc1ncc(F)cn1)c1nccn21. The van der Waals surface area contributed by atoms with E-state index >= 15 is 0 Å². The maximum atomic E-state index is 12.9. The van der Waals surface area contributed by atoms with Crippen molar-refractivity contribution >= 4 is 17.5 Å². The first-order chi connectivity index (χ1) is 11.1. The molecule has 0 aromatic carbocycles. The van der Waals surface area contributed by atoms with E-state index in [1.54, 1.807) is 6.20 Å². The van der Waals surface area contributed by atoms with Crippen molar-refractivity contribution in [2.45, 2.75) is 25.7 Å². The minimum atomic E-state index is -0.551. The monoisotopic (exact) mass is 311 g/mol. The van der Waals surface area contributed by atoms with E-state index in [0.29, 0.717) is 17.1 Å². The smallest absolute Gasteiger partial charge is 0.261 e. The summed E-state index contributed by atoms with van der Waals surface area (Å²) in [5.41, 5.74) is 3.45. The average molecular weight is 311 g/mol. The lowest BCUT2D eigenvalue weighted by Gasteiger charge is -2.11. The lowest BCUT2D eigenvalue weighted by Crippen LogP contribution is -2.16. The van der Waals surface area contributed by atoms with Gasteiger partial charge in [0.05, 0.1) is 18.0 Å². The third-order valence-corrected chi connectivity index (χ3v) is 4.24. The van der Waals surface area contributed by atoms with E-state index < -0.39 is 5.82 Å². The summed E-state index contributed by atoms with van der Waals surface area (Å²) in [5.74, 6) is -0.431. The first kappa shape index (κ1) is 13.8. The maximum absolute atomic E-state index is 12.9. The molecule has 3 aromatic heterocycles. The van der Waals surface area contributed by atoms with Gasteiger partial charge >= 0.3 is 0 Å². The zero-order chi connectivity index (χ0) is 16.0. The molecule has 0 saturated carbocycles. The highest BCUT2D eigenvalue weighted by Crippen LogP contribution is 2.34. The second kappa shape index (κ2) is 5.12. The lowest BCUT2D eigenvalue weighted by molar-refractivity contribution is 0.102. The van der Waals surface area contributed by atoms with Crippen molar-refractivity contribution in [3.05, 3.63) is 53.5 Å². The Hall–Kier alpha value is -2.83. The number of amides is 1. The molecule has 3 aromatic rings. The molecule has 1 amide bonds. The van der Waals surface area contributed by atoms with Crippen LogP contribution in [-0.4, -0.2) is 25.3 Å². The summed E-state index contributed by atoms with van der Waals surface area (Å²) in [6.45, 7) is 2.15. The van der Waals surface area contributed by atoms with Crippen LogP contribution in [0.4, 0.5) is 10.3 Å². The number of imidazole rings is 1. The van der Waals surface area contributed by atoms with Crippen LogP contribution in [0.15, 0.2) is 30.9 Å². The molecule has 7 heteroatoms. The van der Waals surface area contributed by atoms with Crippen LogP contribution in [0.1, 0.15) is 40.9 Å². The van der Waals surface area contributed by atoms with Crippen molar-refractivity contribution in [1.82, 2.24) is 19.4 Å². The van der Waals surface area contributed by atoms with Gasteiger partial charge in [-0.25, -0.2) is 19.3 Å². The first-order valence-electron chi connectivity index (χ1n) is 7.41. The van der Waals surface area contributed by atoms with Crippen molar-refractivity contribution in [2.24, 2.45) is 0 Å². The predicted molar refractivity (Wildman–Crippen MR) is 81.9 cm³/mol. The predicted octanol–water partition coefficient (Wildman–Crippen LogP) is 2.57. The number of hydrogen-bond donors (Lipinski definition) is 1. The second-order valence-corrected chi connectivity index (χ2v) is 5.70. The molecule has 0 aliphatic heterocycles. The molecule has 0 fully saturated rings. The van der Waals surface area contributed by atoms with Crippen molar-refractivity contribution in [1.29, 1.82) is 0 Å². The number of carbonyl (C=O) groups excluding carboxylic acids is 1. The van der Waals surface area contributed by atoms with Gasteiger partial charge in [0.15, 0.2) is 5.82 Å². The summed E-state index contributed by atoms with van der Waals surface area (Å²) in [6.07, 6.45) is 7.62. The van der Waals surface area contributed by atoms with Crippen LogP contribution >= 0.6 is 0 Å². The number of fused-ring (bicyclic) bond motifs is 3. The van der Waals surface area contributed by atoms with Gasteiger partial charge in [-0.05, 0) is 30.4 Å². The van der Waals surface area contributed by atoms with E-state index in [9.17, 15) is 9.18 Å². The molecule has 0 spiro atoms. The van der Waals surface area contributed by atoms with Gasteiger partial charge < -0.3 is 4.40 Å². The maximum Gasteiger partial charge on any atom is 0.261 e. The fourth-order valence-electron chi connectivity index (χ4n) is 3.08. The Morgan fingerprint density at radius 2 is 2.13 bits per heavy atom. The van der Waals surface area contributed by atoms with Crippen molar-refractivity contribution in [2.75, 3.05) is 5.32 Å². The molecule has 0 saturated heterocycles. The molecule has 3 heterocycles. The fraction of sp³-hybridized carbons (Fsp3) is 0.250. The van der Waals surface area contributed by atoms with Gasteiger partial charge in [0.1, 0.15) is 5.65 Å². The molecule has 1 N–H and O–H groups in total. The number of anilines is 1. The third kappa shape index (κ3) is 2.25. The number of rotatable bonds is 2. The van der Waals surface area contributed by atoms with Crippen LogP contribution in [-0.2, 0) is 6.42 Å². The minimum Gasteiger partial charge on any atom is -0.303 e. The Kier molecular flexibility index (Phi) is 3.07. The van der Waals surface area contributed by atoms with E-state index in [1.165, 1.54) is 11.3 Å². The number of hydrogen-bond acceptors (Lipinski definition) is 4. The van der Waals surface area contributed by atoms with E-state index in [1.807, 2.05) is 16.7 Å². The highest BCUT2D eigenvalue weighted by atomic mass is 19.1. The number of halogens is 1. The van der Waals surface area contributed by atoms with Gasteiger partial charge in [-0.1, -0.05) is 6.92 Å². The zero-order valence-corrected chi connectivity index (χ0v) is 12.5. The Morgan fingerprint density at radius 3 is 2.91 bits per heavy atom. The normalized spacial score (nSPS) is 16.5. The molecule has 6 nitrogen and oxygen atoms in total. The number of nitrogens with zero attached hydrogens (tertiary/aromatic N) is 4. The molecule has 1 aliphatic rings. The van der Waals surface area contributed by atoms with Gasteiger partial charge in [-0.3, -0.25) is 10.1 Å². The Bertz CT molecular complexity index is 903. The molecule has 0 bridgehead atoms. The van der Waals surface area contributed by atoms with Gasteiger partial charge in [0.2, 0.25) is 5.95 Å².